The number of thiazole rings is 1. The first-order valence-corrected chi connectivity index (χ1v) is 8.03. The zero-order chi connectivity index (χ0) is 15.4. The molecule has 0 aliphatic heterocycles. The van der Waals surface area contributed by atoms with E-state index >= 15 is 0 Å². The highest BCUT2D eigenvalue weighted by molar-refractivity contribution is 7.09. The van der Waals surface area contributed by atoms with Gasteiger partial charge in [0.05, 0.1) is 23.4 Å². The third kappa shape index (κ3) is 3.91. The molecule has 4 heteroatoms. The van der Waals surface area contributed by atoms with Gasteiger partial charge in [0.15, 0.2) is 0 Å². The maximum Gasteiger partial charge on any atom is 0.338 e. The van der Waals surface area contributed by atoms with Crippen LogP contribution < -0.4 is 0 Å². The van der Waals surface area contributed by atoms with Crippen LogP contribution >= 0.6 is 11.3 Å². The standard InChI is InChI=1S/C17H21NO2S/c1-11(2)15-6-5-14(9-12(15)3)17(19)20-8-7-16-13(4)18-10-21-16/h5-6,9-11H,7-8H2,1-4H3. The van der Waals surface area contributed by atoms with Crippen LogP contribution in [0.3, 0.4) is 0 Å². The fourth-order valence-corrected chi connectivity index (χ4v) is 3.10. The molecule has 2 rings (SSSR count). The number of aromatic nitrogens is 1. The Hall–Kier alpha value is -1.68. The zero-order valence-electron chi connectivity index (χ0n) is 13.0. The van der Waals surface area contributed by atoms with Crippen LogP contribution in [0.5, 0.6) is 0 Å². The highest BCUT2D eigenvalue weighted by Gasteiger charge is 2.11. The molecule has 1 aromatic carbocycles. The summed E-state index contributed by atoms with van der Waals surface area (Å²) in [4.78, 5) is 17.4. The first-order chi connectivity index (χ1) is 9.99. The van der Waals surface area contributed by atoms with Gasteiger partial charge in [0, 0.05) is 11.3 Å². The average molecular weight is 303 g/mol. The van der Waals surface area contributed by atoms with E-state index in [0.29, 0.717) is 18.1 Å². The molecule has 0 aliphatic rings. The summed E-state index contributed by atoms with van der Waals surface area (Å²) in [5.74, 6) is 0.208. The van der Waals surface area contributed by atoms with Crippen molar-refractivity contribution in [1.29, 1.82) is 0 Å². The van der Waals surface area contributed by atoms with Gasteiger partial charge in [0.2, 0.25) is 0 Å². The number of hydrogen-bond acceptors (Lipinski definition) is 4. The van der Waals surface area contributed by atoms with E-state index in [-0.39, 0.29) is 5.97 Å². The van der Waals surface area contributed by atoms with Gasteiger partial charge in [-0.05, 0) is 43.0 Å². The van der Waals surface area contributed by atoms with Crippen molar-refractivity contribution in [3.8, 4) is 0 Å². The van der Waals surface area contributed by atoms with Crippen LogP contribution in [0.1, 0.15) is 51.8 Å². The van der Waals surface area contributed by atoms with E-state index in [1.165, 1.54) is 10.4 Å². The molecule has 0 radical (unpaired) electrons. The van der Waals surface area contributed by atoms with Crippen LogP contribution in [0.15, 0.2) is 23.7 Å². The first kappa shape index (κ1) is 15.7. The van der Waals surface area contributed by atoms with Crippen molar-refractivity contribution in [3.05, 3.63) is 51.0 Å². The Balaban J connectivity index is 1.94. The Bertz CT molecular complexity index is 631. The number of hydrogen-bond donors (Lipinski definition) is 0. The van der Waals surface area contributed by atoms with E-state index in [9.17, 15) is 4.79 Å². The molecule has 0 unspecified atom stereocenters. The summed E-state index contributed by atoms with van der Waals surface area (Å²) >= 11 is 1.60. The Morgan fingerprint density at radius 1 is 1.33 bits per heavy atom. The minimum atomic E-state index is -0.254. The molecule has 0 N–H and O–H groups in total. The molecular weight excluding hydrogens is 282 g/mol. The van der Waals surface area contributed by atoms with Crippen LogP contribution in [0.25, 0.3) is 0 Å². The zero-order valence-corrected chi connectivity index (χ0v) is 13.8. The molecule has 21 heavy (non-hydrogen) atoms. The number of ether oxygens (including phenoxy) is 1. The lowest BCUT2D eigenvalue weighted by molar-refractivity contribution is 0.0509. The van der Waals surface area contributed by atoms with Crippen molar-refractivity contribution in [2.24, 2.45) is 0 Å². The summed E-state index contributed by atoms with van der Waals surface area (Å²) in [6.45, 7) is 8.71. The van der Waals surface area contributed by atoms with E-state index in [0.717, 1.165) is 17.7 Å². The third-order valence-corrected chi connectivity index (χ3v) is 4.53. The summed E-state index contributed by atoms with van der Waals surface area (Å²) < 4.78 is 5.35. The van der Waals surface area contributed by atoms with Gasteiger partial charge in [-0.25, -0.2) is 9.78 Å². The molecule has 0 bridgehead atoms. The Kier molecular flexibility index (Phi) is 5.12. The predicted octanol–water partition coefficient (Wildman–Crippen LogP) is 4.28. The van der Waals surface area contributed by atoms with Gasteiger partial charge in [-0.3, -0.25) is 0 Å². The number of aryl methyl sites for hydroxylation is 2. The van der Waals surface area contributed by atoms with Crippen molar-refractivity contribution in [1.82, 2.24) is 4.98 Å². The summed E-state index contributed by atoms with van der Waals surface area (Å²) in [6, 6.07) is 5.78. The lowest BCUT2D eigenvalue weighted by atomic mass is 9.96. The van der Waals surface area contributed by atoms with Crippen LogP contribution in [0.4, 0.5) is 0 Å². The first-order valence-electron chi connectivity index (χ1n) is 7.15. The number of nitrogens with zero attached hydrogens (tertiary/aromatic N) is 1. The highest BCUT2D eigenvalue weighted by atomic mass is 32.1. The van der Waals surface area contributed by atoms with E-state index in [1.807, 2.05) is 37.6 Å². The van der Waals surface area contributed by atoms with Gasteiger partial charge in [-0.2, -0.15) is 0 Å². The topological polar surface area (TPSA) is 39.2 Å². The maximum atomic E-state index is 12.1. The lowest BCUT2D eigenvalue weighted by Gasteiger charge is -2.11. The normalized spacial score (nSPS) is 10.9. The van der Waals surface area contributed by atoms with E-state index in [2.05, 4.69) is 18.8 Å². The van der Waals surface area contributed by atoms with Gasteiger partial charge in [-0.15, -0.1) is 11.3 Å². The summed E-state index contributed by atoms with van der Waals surface area (Å²) in [5, 5.41) is 0. The highest BCUT2D eigenvalue weighted by Crippen LogP contribution is 2.20. The summed E-state index contributed by atoms with van der Waals surface area (Å²) in [5.41, 5.74) is 5.87. The second kappa shape index (κ2) is 6.85. The lowest BCUT2D eigenvalue weighted by Crippen LogP contribution is -2.09. The SMILES string of the molecule is Cc1cc(C(=O)OCCc2scnc2C)ccc1C(C)C. The monoisotopic (exact) mass is 303 g/mol. The quantitative estimate of drug-likeness (QED) is 0.774. The smallest absolute Gasteiger partial charge is 0.338 e. The van der Waals surface area contributed by atoms with Crippen molar-refractivity contribution in [2.75, 3.05) is 6.61 Å². The molecule has 0 saturated heterocycles. The van der Waals surface area contributed by atoms with E-state index < -0.39 is 0 Å². The number of benzene rings is 1. The molecule has 0 atom stereocenters. The molecule has 2 aromatic rings. The minimum Gasteiger partial charge on any atom is -0.462 e. The Morgan fingerprint density at radius 2 is 2.10 bits per heavy atom. The molecule has 0 saturated carbocycles. The number of rotatable bonds is 5. The largest absolute Gasteiger partial charge is 0.462 e. The molecule has 1 heterocycles. The Labute approximate surface area is 130 Å². The fourth-order valence-electron chi connectivity index (χ4n) is 2.34. The van der Waals surface area contributed by atoms with Crippen molar-refractivity contribution < 1.29 is 9.53 Å². The second-order valence-electron chi connectivity index (χ2n) is 5.47. The molecule has 0 aliphatic carbocycles. The predicted molar refractivity (Wildman–Crippen MR) is 86.1 cm³/mol. The molecule has 112 valence electrons. The molecule has 0 amide bonds. The van der Waals surface area contributed by atoms with E-state index in [1.54, 1.807) is 11.3 Å². The fraction of sp³-hybridized carbons (Fsp3) is 0.412. The molecule has 0 fully saturated rings. The average Bonchev–Trinajstić information content (AvgIpc) is 2.83. The van der Waals surface area contributed by atoms with Gasteiger partial charge in [0.1, 0.15) is 0 Å². The Morgan fingerprint density at radius 3 is 2.67 bits per heavy atom. The molecule has 1 aromatic heterocycles. The van der Waals surface area contributed by atoms with Gasteiger partial charge in [-0.1, -0.05) is 19.9 Å². The molecule has 0 spiro atoms. The minimum absolute atomic E-state index is 0.254. The molecule has 3 nitrogen and oxygen atoms in total. The number of esters is 1. The molecular formula is C17H21NO2S. The second-order valence-corrected chi connectivity index (χ2v) is 6.41. The van der Waals surface area contributed by atoms with Gasteiger partial charge >= 0.3 is 5.97 Å². The summed E-state index contributed by atoms with van der Waals surface area (Å²) in [6.07, 6.45) is 0.727. The third-order valence-electron chi connectivity index (χ3n) is 3.53. The van der Waals surface area contributed by atoms with Crippen molar-refractivity contribution in [2.45, 2.75) is 40.0 Å². The van der Waals surface area contributed by atoms with Crippen molar-refractivity contribution >= 4 is 17.3 Å². The van der Waals surface area contributed by atoms with E-state index in [4.69, 9.17) is 4.74 Å². The number of carbonyl (C=O) groups is 1. The maximum absolute atomic E-state index is 12.1. The number of carbonyl (C=O) groups excluding carboxylic acids is 1. The van der Waals surface area contributed by atoms with Crippen LogP contribution in [-0.4, -0.2) is 17.6 Å². The van der Waals surface area contributed by atoms with Gasteiger partial charge < -0.3 is 4.74 Å². The van der Waals surface area contributed by atoms with Crippen LogP contribution in [0, 0.1) is 13.8 Å². The van der Waals surface area contributed by atoms with Crippen LogP contribution in [0.2, 0.25) is 0 Å². The van der Waals surface area contributed by atoms with Crippen LogP contribution in [-0.2, 0) is 11.2 Å². The summed E-state index contributed by atoms with van der Waals surface area (Å²) in [7, 11) is 0. The van der Waals surface area contributed by atoms with Crippen molar-refractivity contribution in [3.63, 3.8) is 0 Å². The van der Waals surface area contributed by atoms with Gasteiger partial charge in [0.25, 0.3) is 0 Å².